The van der Waals surface area contributed by atoms with Crippen LogP contribution in [0.1, 0.15) is 17.5 Å². The van der Waals surface area contributed by atoms with Gasteiger partial charge in [0, 0.05) is 17.0 Å². The molecule has 20 heavy (non-hydrogen) atoms. The van der Waals surface area contributed by atoms with Crippen LogP contribution in [0, 0.1) is 6.92 Å². The third-order valence-corrected chi connectivity index (χ3v) is 3.70. The van der Waals surface area contributed by atoms with Gasteiger partial charge in [-0.1, -0.05) is 24.3 Å². The van der Waals surface area contributed by atoms with Crippen molar-refractivity contribution >= 4 is 23.6 Å². The van der Waals surface area contributed by atoms with E-state index in [0.717, 1.165) is 16.1 Å². The molecule has 2 aromatic carbocycles. The van der Waals surface area contributed by atoms with Crippen molar-refractivity contribution in [1.82, 2.24) is 0 Å². The lowest BCUT2D eigenvalue weighted by molar-refractivity contribution is -0.136. The monoisotopic (exact) mass is 287 g/mol. The lowest BCUT2D eigenvalue weighted by Gasteiger charge is -2.07. The van der Waals surface area contributed by atoms with E-state index in [1.54, 1.807) is 11.9 Å². The highest BCUT2D eigenvalue weighted by Crippen LogP contribution is 2.22. The molecule has 0 saturated heterocycles. The fraction of sp³-hybridized carbons (Fsp3) is 0.188. The summed E-state index contributed by atoms with van der Waals surface area (Å²) in [5, 5.41) is 8.65. The van der Waals surface area contributed by atoms with E-state index in [1.165, 1.54) is 5.56 Å². The number of carboxylic acid groups (broad SMARTS) is 1. The van der Waals surface area contributed by atoms with Gasteiger partial charge in [0.15, 0.2) is 0 Å². The highest BCUT2D eigenvalue weighted by atomic mass is 32.2. The average Bonchev–Trinajstić information content (AvgIpc) is 2.44. The number of rotatable bonds is 6. The summed E-state index contributed by atoms with van der Waals surface area (Å²) in [4.78, 5) is 11.6. The van der Waals surface area contributed by atoms with Crippen LogP contribution in [0.3, 0.4) is 0 Å². The number of hydrogen-bond donors (Lipinski definition) is 2. The lowest BCUT2D eigenvalue weighted by Crippen LogP contribution is -1.97. The van der Waals surface area contributed by atoms with Crippen molar-refractivity contribution in [3.05, 3.63) is 59.7 Å². The number of nitrogens with one attached hydrogen (secondary N) is 1. The van der Waals surface area contributed by atoms with Gasteiger partial charge in [0.1, 0.15) is 0 Å². The number of carboxylic acids is 1. The lowest BCUT2D eigenvalue weighted by atomic mass is 10.1. The molecule has 0 radical (unpaired) electrons. The second-order valence-corrected chi connectivity index (χ2v) is 5.49. The van der Waals surface area contributed by atoms with E-state index in [0.29, 0.717) is 6.42 Å². The van der Waals surface area contributed by atoms with Gasteiger partial charge in [-0.05, 0) is 60.7 Å². The van der Waals surface area contributed by atoms with Crippen molar-refractivity contribution in [3.63, 3.8) is 0 Å². The van der Waals surface area contributed by atoms with Crippen LogP contribution >= 0.6 is 11.9 Å². The third kappa shape index (κ3) is 4.63. The average molecular weight is 287 g/mol. The van der Waals surface area contributed by atoms with E-state index in [-0.39, 0.29) is 6.42 Å². The molecule has 0 aliphatic rings. The Bertz CT molecular complexity index is 581. The van der Waals surface area contributed by atoms with Crippen molar-refractivity contribution in [2.75, 3.05) is 4.72 Å². The van der Waals surface area contributed by atoms with Crippen molar-refractivity contribution < 1.29 is 9.90 Å². The van der Waals surface area contributed by atoms with Crippen LogP contribution in [0.5, 0.6) is 0 Å². The fourth-order valence-corrected chi connectivity index (χ4v) is 2.44. The number of aryl methyl sites for hydroxylation is 2. The molecule has 2 N–H and O–H groups in total. The van der Waals surface area contributed by atoms with Crippen LogP contribution < -0.4 is 4.72 Å². The number of carbonyl (C=O) groups is 1. The van der Waals surface area contributed by atoms with Crippen molar-refractivity contribution in [3.8, 4) is 0 Å². The molecule has 0 aliphatic heterocycles. The van der Waals surface area contributed by atoms with Crippen LogP contribution in [0.15, 0.2) is 53.4 Å². The summed E-state index contributed by atoms with van der Waals surface area (Å²) in [7, 11) is 0. The van der Waals surface area contributed by atoms with Gasteiger partial charge in [-0.25, -0.2) is 0 Å². The number of aliphatic carboxylic acids is 1. The molecule has 0 unspecified atom stereocenters. The zero-order chi connectivity index (χ0) is 14.4. The van der Waals surface area contributed by atoms with Gasteiger partial charge < -0.3 is 9.83 Å². The Kier molecular flexibility index (Phi) is 5.07. The highest BCUT2D eigenvalue weighted by Gasteiger charge is 2.00. The predicted octanol–water partition coefficient (Wildman–Crippen LogP) is 4.13. The second-order valence-electron chi connectivity index (χ2n) is 4.61. The molecular weight excluding hydrogens is 270 g/mol. The first-order chi connectivity index (χ1) is 9.63. The smallest absolute Gasteiger partial charge is 0.303 e. The molecule has 3 nitrogen and oxygen atoms in total. The predicted molar refractivity (Wildman–Crippen MR) is 83.1 cm³/mol. The van der Waals surface area contributed by atoms with Crippen LogP contribution in [0.25, 0.3) is 0 Å². The van der Waals surface area contributed by atoms with Gasteiger partial charge in [0.05, 0.1) is 0 Å². The van der Waals surface area contributed by atoms with E-state index >= 15 is 0 Å². The molecule has 0 saturated carbocycles. The van der Waals surface area contributed by atoms with Gasteiger partial charge >= 0.3 is 5.97 Å². The summed E-state index contributed by atoms with van der Waals surface area (Å²) in [6.07, 6.45) is 0.750. The van der Waals surface area contributed by atoms with Crippen LogP contribution in [0.4, 0.5) is 5.69 Å². The molecule has 104 valence electrons. The largest absolute Gasteiger partial charge is 0.481 e. The van der Waals surface area contributed by atoms with Gasteiger partial charge in [-0.15, -0.1) is 0 Å². The van der Waals surface area contributed by atoms with E-state index in [4.69, 9.17) is 5.11 Å². The maximum absolute atomic E-state index is 10.5. The SMILES string of the molecule is Cc1cccc(NSc2ccc(CCC(=O)O)cc2)c1. The standard InChI is InChI=1S/C16H17NO2S/c1-12-3-2-4-14(11-12)17-20-15-8-5-13(6-9-15)7-10-16(18)19/h2-6,8-9,11,17H,7,10H2,1H3,(H,18,19). The number of anilines is 1. The van der Waals surface area contributed by atoms with E-state index in [1.807, 2.05) is 36.4 Å². The molecule has 0 amide bonds. The zero-order valence-electron chi connectivity index (χ0n) is 11.3. The van der Waals surface area contributed by atoms with Crippen molar-refractivity contribution in [2.24, 2.45) is 0 Å². The first-order valence-corrected chi connectivity index (χ1v) is 7.25. The van der Waals surface area contributed by atoms with Crippen LogP contribution in [0.2, 0.25) is 0 Å². The third-order valence-electron chi connectivity index (χ3n) is 2.86. The van der Waals surface area contributed by atoms with E-state index in [2.05, 4.69) is 23.8 Å². The minimum Gasteiger partial charge on any atom is -0.481 e. The molecule has 0 bridgehead atoms. The number of hydrogen-bond acceptors (Lipinski definition) is 3. The molecule has 0 fully saturated rings. The Morgan fingerprint density at radius 2 is 1.95 bits per heavy atom. The van der Waals surface area contributed by atoms with Gasteiger partial charge in [0.2, 0.25) is 0 Å². The number of benzene rings is 2. The summed E-state index contributed by atoms with van der Waals surface area (Å²) in [6, 6.07) is 16.2. The maximum atomic E-state index is 10.5. The van der Waals surface area contributed by atoms with E-state index < -0.39 is 5.97 Å². The molecule has 2 aromatic rings. The normalized spacial score (nSPS) is 10.2. The molecule has 4 heteroatoms. The van der Waals surface area contributed by atoms with Gasteiger partial charge in [0.25, 0.3) is 0 Å². The Labute approximate surface area is 123 Å². The molecule has 0 aliphatic carbocycles. The Morgan fingerprint density at radius 1 is 1.20 bits per heavy atom. The molecule has 0 atom stereocenters. The summed E-state index contributed by atoms with van der Waals surface area (Å²) in [5.41, 5.74) is 3.34. The van der Waals surface area contributed by atoms with Gasteiger partial charge in [-0.2, -0.15) is 0 Å². The molecule has 2 rings (SSSR count). The zero-order valence-corrected chi connectivity index (χ0v) is 12.1. The second kappa shape index (κ2) is 7.01. The maximum Gasteiger partial charge on any atom is 0.303 e. The molecule has 0 aromatic heterocycles. The molecular formula is C16H17NO2S. The summed E-state index contributed by atoms with van der Waals surface area (Å²) in [6.45, 7) is 2.06. The Hall–Kier alpha value is -1.94. The van der Waals surface area contributed by atoms with Crippen molar-refractivity contribution in [1.29, 1.82) is 0 Å². The van der Waals surface area contributed by atoms with Crippen LogP contribution in [-0.4, -0.2) is 11.1 Å². The van der Waals surface area contributed by atoms with E-state index in [9.17, 15) is 4.79 Å². The van der Waals surface area contributed by atoms with Crippen LogP contribution in [-0.2, 0) is 11.2 Å². The highest BCUT2D eigenvalue weighted by molar-refractivity contribution is 8.00. The molecule has 0 spiro atoms. The summed E-state index contributed by atoms with van der Waals surface area (Å²) >= 11 is 1.55. The Balaban J connectivity index is 1.89. The summed E-state index contributed by atoms with van der Waals surface area (Å²) < 4.78 is 3.29. The fourth-order valence-electron chi connectivity index (χ4n) is 1.80. The van der Waals surface area contributed by atoms with Crippen molar-refractivity contribution in [2.45, 2.75) is 24.7 Å². The summed E-state index contributed by atoms with van der Waals surface area (Å²) in [5.74, 6) is -0.760. The minimum atomic E-state index is -0.760. The first-order valence-electron chi connectivity index (χ1n) is 6.44. The van der Waals surface area contributed by atoms with Gasteiger partial charge in [-0.3, -0.25) is 4.79 Å². The topological polar surface area (TPSA) is 49.3 Å². The Morgan fingerprint density at radius 3 is 2.60 bits per heavy atom. The molecule has 0 heterocycles. The quantitative estimate of drug-likeness (QED) is 0.784. The minimum absolute atomic E-state index is 0.175. The first kappa shape index (κ1) is 14.5.